The van der Waals surface area contributed by atoms with Crippen LogP contribution in [0.4, 0.5) is 5.69 Å². The van der Waals surface area contributed by atoms with Gasteiger partial charge in [0, 0.05) is 73.2 Å². The van der Waals surface area contributed by atoms with E-state index in [1.54, 1.807) is 0 Å². The number of hydrogen-bond acceptors (Lipinski definition) is 4. The fourth-order valence-corrected chi connectivity index (χ4v) is 10.2. The summed E-state index contributed by atoms with van der Waals surface area (Å²) >= 11 is 0. The molecule has 0 N–H and O–H groups in total. The van der Waals surface area contributed by atoms with Gasteiger partial charge >= 0.3 is 0 Å². The second kappa shape index (κ2) is 25.9. The van der Waals surface area contributed by atoms with Crippen LogP contribution in [0.15, 0.2) is 48.5 Å². The Kier molecular flexibility index (Phi) is 22.1. The van der Waals surface area contributed by atoms with Gasteiger partial charge in [-0.3, -0.25) is 19.2 Å². The first-order chi connectivity index (χ1) is 30.0. The first-order valence-electron chi connectivity index (χ1n) is 25.4. The van der Waals surface area contributed by atoms with Crippen LogP contribution < -0.4 is 4.90 Å². The highest BCUT2D eigenvalue weighted by Gasteiger charge is 2.36. The number of piperidine rings is 1. The smallest absolute Gasteiger partial charge is 0.230 e. The molecule has 8 nitrogen and oxygen atoms in total. The van der Waals surface area contributed by atoms with Crippen molar-refractivity contribution < 1.29 is 19.2 Å². The molecule has 0 aliphatic carbocycles. The van der Waals surface area contributed by atoms with E-state index in [1.165, 1.54) is 23.1 Å². The predicted molar refractivity (Wildman–Crippen MR) is 268 cm³/mol. The molecule has 0 aromatic heterocycles. The molecule has 2 aromatic carbocycles. The Labute approximate surface area is 391 Å². The van der Waals surface area contributed by atoms with Gasteiger partial charge in [0.25, 0.3) is 0 Å². The molecular formula is C56H92N4O4. The second-order valence-corrected chi connectivity index (χ2v) is 22.2. The Bertz CT molecular complexity index is 1760. The number of amides is 4. The van der Waals surface area contributed by atoms with Crippen molar-refractivity contribution in [3.8, 4) is 0 Å². The van der Waals surface area contributed by atoms with E-state index in [2.05, 4.69) is 153 Å². The van der Waals surface area contributed by atoms with Crippen molar-refractivity contribution in [3.63, 3.8) is 0 Å². The van der Waals surface area contributed by atoms with E-state index in [0.717, 1.165) is 76.7 Å². The van der Waals surface area contributed by atoms with E-state index < -0.39 is 0 Å². The largest absolute Gasteiger partial charge is 0.340 e. The molecule has 4 amide bonds. The molecule has 0 radical (unpaired) electrons. The number of likely N-dealkylation sites (tertiary alicyclic amines) is 2. The molecule has 8 heteroatoms. The number of fused-ring (bicyclic) bond motifs is 2. The number of rotatable bonds is 12. The van der Waals surface area contributed by atoms with Crippen LogP contribution in [0.5, 0.6) is 0 Å². The number of nitrogens with zero attached hydrogens (tertiary/aromatic N) is 4. The predicted octanol–water partition coefficient (Wildman–Crippen LogP) is 12.3. The number of carbonyl (C=O) groups excluding carboxylic acids is 4. The van der Waals surface area contributed by atoms with Gasteiger partial charge in [-0.1, -0.05) is 97.9 Å². The van der Waals surface area contributed by atoms with Gasteiger partial charge in [0.05, 0.1) is 0 Å². The summed E-state index contributed by atoms with van der Waals surface area (Å²) in [5.41, 5.74) is 5.09. The van der Waals surface area contributed by atoms with Gasteiger partial charge in [0.15, 0.2) is 0 Å². The lowest BCUT2D eigenvalue weighted by atomic mass is 9.85. The van der Waals surface area contributed by atoms with Gasteiger partial charge in [0.1, 0.15) is 0 Å². The highest BCUT2D eigenvalue weighted by Crippen LogP contribution is 2.35. The third-order valence-electron chi connectivity index (χ3n) is 13.2. The topological polar surface area (TPSA) is 81.2 Å². The van der Waals surface area contributed by atoms with E-state index >= 15 is 0 Å². The molecule has 360 valence electrons. The SMILES string of the molecule is CC(C)CC1CCCN(C(C)C)C1=O.CC(C)CC1CCN(C(C)C)C1=O.CC(C)CC1Cc2ccccc2CN(C(C)C)C1=O.CC(C)CC1Cc2ccccc2N(C(C)C)C1=O. The Morgan fingerprint density at radius 2 is 0.812 bits per heavy atom. The third-order valence-corrected chi connectivity index (χ3v) is 13.2. The number of anilines is 1. The minimum atomic E-state index is 0.144. The number of para-hydroxylation sites is 1. The van der Waals surface area contributed by atoms with Crippen LogP contribution in [0.25, 0.3) is 0 Å². The van der Waals surface area contributed by atoms with Gasteiger partial charge in [-0.2, -0.15) is 0 Å². The molecule has 2 fully saturated rings. The summed E-state index contributed by atoms with van der Waals surface area (Å²) in [4.78, 5) is 57.2. The molecule has 0 bridgehead atoms. The Balaban J connectivity index is 0.000000230. The van der Waals surface area contributed by atoms with Crippen LogP contribution in [0.3, 0.4) is 0 Å². The van der Waals surface area contributed by atoms with Crippen molar-refractivity contribution in [1.29, 1.82) is 0 Å². The first-order valence-corrected chi connectivity index (χ1v) is 25.4. The summed E-state index contributed by atoms with van der Waals surface area (Å²) in [6.45, 7) is 37.0. The average molecular weight is 885 g/mol. The van der Waals surface area contributed by atoms with Crippen molar-refractivity contribution in [2.75, 3.05) is 18.0 Å². The molecule has 2 saturated heterocycles. The molecule has 4 unspecified atom stereocenters. The van der Waals surface area contributed by atoms with Gasteiger partial charge in [-0.05, 0) is 160 Å². The molecule has 4 atom stereocenters. The fourth-order valence-electron chi connectivity index (χ4n) is 10.2. The lowest BCUT2D eigenvalue weighted by Crippen LogP contribution is -2.45. The van der Waals surface area contributed by atoms with Crippen LogP contribution in [0.1, 0.15) is 172 Å². The zero-order valence-electron chi connectivity index (χ0n) is 43.5. The summed E-state index contributed by atoms with van der Waals surface area (Å²) in [6.07, 6.45) is 9.22. The normalized spacial score (nSPS) is 21.4. The molecule has 4 aliphatic heterocycles. The van der Waals surface area contributed by atoms with Crippen LogP contribution in [0, 0.1) is 47.3 Å². The maximum absolute atomic E-state index is 12.7. The van der Waals surface area contributed by atoms with Crippen LogP contribution in [0.2, 0.25) is 0 Å². The maximum Gasteiger partial charge on any atom is 0.230 e. The molecule has 4 aliphatic rings. The number of benzene rings is 2. The molecule has 0 spiro atoms. The quantitative estimate of drug-likeness (QED) is 0.213. The van der Waals surface area contributed by atoms with Gasteiger partial charge < -0.3 is 19.6 Å². The van der Waals surface area contributed by atoms with Crippen LogP contribution in [-0.2, 0) is 38.6 Å². The van der Waals surface area contributed by atoms with Gasteiger partial charge in [-0.25, -0.2) is 0 Å². The molecule has 6 rings (SSSR count). The lowest BCUT2D eigenvalue weighted by molar-refractivity contribution is -0.141. The van der Waals surface area contributed by atoms with E-state index in [4.69, 9.17) is 0 Å². The van der Waals surface area contributed by atoms with Crippen molar-refractivity contribution in [3.05, 3.63) is 65.2 Å². The van der Waals surface area contributed by atoms with Crippen LogP contribution >= 0.6 is 0 Å². The third kappa shape index (κ3) is 16.0. The highest BCUT2D eigenvalue weighted by molar-refractivity contribution is 5.98. The van der Waals surface area contributed by atoms with E-state index in [9.17, 15) is 19.2 Å². The lowest BCUT2D eigenvalue weighted by Gasteiger charge is -2.37. The van der Waals surface area contributed by atoms with Crippen molar-refractivity contribution in [1.82, 2.24) is 14.7 Å². The average Bonchev–Trinajstić information content (AvgIpc) is 3.49. The van der Waals surface area contributed by atoms with E-state index in [0.29, 0.717) is 71.2 Å². The minimum absolute atomic E-state index is 0.144. The number of hydrogen-bond donors (Lipinski definition) is 0. The zero-order chi connectivity index (χ0) is 48.0. The van der Waals surface area contributed by atoms with E-state index in [-0.39, 0.29) is 23.9 Å². The van der Waals surface area contributed by atoms with Gasteiger partial charge in [-0.15, -0.1) is 0 Å². The molecule has 0 saturated carbocycles. The Hall–Kier alpha value is -3.68. The van der Waals surface area contributed by atoms with Crippen molar-refractivity contribution in [2.24, 2.45) is 47.3 Å². The molecule has 2 aromatic rings. The van der Waals surface area contributed by atoms with Gasteiger partial charge in [0.2, 0.25) is 23.6 Å². The fraction of sp³-hybridized carbons (Fsp3) is 0.714. The standard InChI is InChI=1S/C17H25NO.C16H23NO.C12H23NO.C11H21NO/c1-12(2)9-16-10-14-7-5-6-8-15(14)11-18(13(3)4)17(16)19;1-11(2)9-14-10-13-7-5-6-8-15(13)17(12(3)4)16(14)18;1-9(2)8-11-6-5-7-13(10(3)4)12(11)14;1-8(2)7-10-5-6-12(9(3)4)11(10)13/h5-8,12-13,16H,9-11H2,1-4H3;5-8,11-12,14H,9-10H2,1-4H3;9-11H,5-8H2,1-4H3;8-10H,5-7H2,1-4H3. The summed E-state index contributed by atoms with van der Waals surface area (Å²) in [5.74, 6) is 4.71. The molecule has 4 heterocycles. The Morgan fingerprint density at radius 3 is 1.28 bits per heavy atom. The minimum Gasteiger partial charge on any atom is -0.340 e. The first kappa shape index (κ1) is 54.7. The summed E-state index contributed by atoms with van der Waals surface area (Å²) in [7, 11) is 0. The zero-order valence-corrected chi connectivity index (χ0v) is 43.5. The van der Waals surface area contributed by atoms with E-state index in [1.807, 2.05) is 25.7 Å². The van der Waals surface area contributed by atoms with Crippen molar-refractivity contribution in [2.45, 2.75) is 199 Å². The number of carbonyl (C=O) groups is 4. The monoisotopic (exact) mass is 885 g/mol. The summed E-state index contributed by atoms with van der Waals surface area (Å²) in [6, 6.07) is 18.1. The summed E-state index contributed by atoms with van der Waals surface area (Å²) in [5, 5.41) is 0. The maximum atomic E-state index is 12.7. The summed E-state index contributed by atoms with van der Waals surface area (Å²) < 4.78 is 0. The Morgan fingerprint density at radius 1 is 0.422 bits per heavy atom. The van der Waals surface area contributed by atoms with Crippen LogP contribution in [-0.4, -0.2) is 75.6 Å². The molecule has 64 heavy (non-hydrogen) atoms. The van der Waals surface area contributed by atoms with Crippen molar-refractivity contribution >= 4 is 29.3 Å². The second-order valence-electron chi connectivity index (χ2n) is 22.2. The highest BCUT2D eigenvalue weighted by atomic mass is 16.2. The molecular weight excluding hydrogens is 793 g/mol.